The van der Waals surface area contributed by atoms with Gasteiger partial charge in [0.2, 0.25) is 0 Å². The van der Waals surface area contributed by atoms with Crippen LogP contribution in [0.15, 0.2) is 64.4 Å². The normalized spacial score (nSPS) is 13.5. The van der Waals surface area contributed by atoms with E-state index in [1.165, 1.54) is 39.7 Å². The third kappa shape index (κ3) is 2.92. The van der Waals surface area contributed by atoms with Crippen molar-refractivity contribution in [3.8, 4) is 11.8 Å². The van der Waals surface area contributed by atoms with E-state index in [1.807, 2.05) is 6.07 Å². The second-order valence-electron chi connectivity index (χ2n) is 7.36. The molecule has 1 fully saturated rings. The van der Waals surface area contributed by atoms with Gasteiger partial charge in [0.15, 0.2) is 11.2 Å². The smallest absolute Gasteiger partial charge is 0.320 e. The van der Waals surface area contributed by atoms with Gasteiger partial charge in [0.25, 0.3) is 5.56 Å². The highest BCUT2D eigenvalue weighted by molar-refractivity contribution is 5.72. The molecule has 4 aromatic rings. The van der Waals surface area contributed by atoms with Crippen LogP contribution in [0.2, 0.25) is 0 Å². The molecule has 1 saturated carbocycles. The molecule has 0 atom stereocenters. The Kier molecular flexibility index (Phi) is 4.10. The summed E-state index contributed by atoms with van der Waals surface area (Å²) in [7, 11) is 0. The van der Waals surface area contributed by atoms with Crippen molar-refractivity contribution in [2.45, 2.75) is 25.4 Å². The van der Waals surface area contributed by atoms with Crippen LogP contribution in [0.1, 0.15) is 30.0 Å². The third-order valence-corrected chi connectivity index (χ3v) is 5.25. The van der Waals surface area contributed by atoms with Crippen LogP contribution in [-0.4, -0.2) is 18.7 Å². The number of nitriles is 1. The Morgan fingerprint density at radius 2 is 1.90 bits per heavy atom. The molecule has 0 N–H and O–H groups in total. The highest BCUT2D eigenvalue weighted by Gasteiger charge is 2.30. The van der Waals surface area contributed by atoms with Crippen LogP contribution in [-0.2, 0) is 6.54 Å². The van der Waals surface area contributed by atoms with Gasteiger partial charge in [0.1, 0.15) is 5.82 Å². The van der Waals surface area contributed by atoms with Crippen molar-refractivity contribution in [3.05, 3.63) is 92.6 Å². The molecule has 1 aliphatic rings. The van der Waals surface area contributed by atoms with Gasteiger partial charge in [0.05, 0.1) is 23.6 Å². The van der Waals surface area contributed by atoms with E-state index in [2.05, 4.69) is 11.1 Å². The highest BCUT2D eigenvalue weighted by Crippen LogP contribution is 2.32. The quantitative estimate of drug-likeness (QED) is 0.526. The van der Waals surface area contributed by atoms with Crippen LogP contribution < -0.4 is 11.2 Å². The van der Waals surface area contributed by atoms with Crippen LogP contribution in [0.25, 0.3) is 16.9 Å². The maximum absolute atomic E-state index is 13.4. The first-order chi connectivity index (χ1) is 14.6. The Morgan fingerprint density at radius 1 is 1.13 bits per heavy atom. The molecular formula is C22H16FN5O2. The first kappa shape index (κ1) is 18.1. The number of fused-ring (bicyclic) bond motifs is 1. The van der Waals surface area contributed by atoms with E-state index in [0.717, 1.165) is 18.4 Å². The molecule has 0 aliphatic heterocycles. The minimum absolute atomic E-state index is 0.133. The first-order valence-electron chi connectivity index (χ1n) is 9.54. The molecule has 0 unspecified atom stereocenters. The molecule has 7 nitrogen and oxygen atoms in total. The average molecular weight is 401 g/mol. The van der Waals surface area contributed by atoms with Crippen LogP contribution in [0, 0.1) is 17.1 Å². The maximum atomic E-state index is 13.4. The van der Waals surface area contributed by atoms with Crippen molar-refractivity contribution in [2.75, 3.05) is 0 Å². The molecule has 0 spiro atoms. The lowest BCUT2D eigenvalue weighted by atomic mass is 10.1. The number of rotatable bonds is 4. The number of benzene rings is 2. The molecule has 0 radical (unpaired) electrons. The Hall–Kier alpha value is -3.99. The molecule has 2 heterocycles. The summed E-state index contributed by atoms with van der Waals surface area (Å²) >= 11 is 0. The van der Waals surface area contributed by atoms with Gasteiger partial charge in [-0.1, -0.05) is 12.1 Å². The third-order valence-electron chi connectivity index (χ3n) is 5.25. The zero-order valence-electron chi connectivity index (χ0n) is 15.8. The average Bonchev–Trinajstić information content (AvgIpc) is 3.50. The summed E-state index contributed by atoms with van der Waals surface area (Å²) in [4.78, 5) is 30.8. The second kappa shape index (κ2) is 6.81. The molecule has 30 heavy (non-hydrogen) atoms. The summed E-state index contributed by atoms with van der Waals surface area (Å²) in [6.07, 6.45) is 3.05. The summed E-state index contributed by atoms with van der Waals surface area (Å²) in [6.45, 7) is 0.327. The molecule has 5 rings (SSSR count). The van der Waals surface area contributed by atoms with Gasteiger partial charge in [-0.05, 0) is 54.8 Å². The van der Waals surface area contributed by atoms with Gasteiger partial charge in [-0.3, -0.25) is 9.36 Å². The van der Waals surface area contributed by atoms with Gasteiger partial charge < -0.3 is 4.57 Å². The van der Waals surface area contributed by atoms with E-state index in [1.54, 1.807) is 22.8 Å². The highest BCUT2D eigenvalue weighted by atomic mass is 19.1. The summed E-state index contributed by atoms with van der Waals surface area (Å²) in [5.41, 5.74) is 1.47. The van der Waals surface area contributed by atoms with E-state index in [9.17, 15) is 14.0 Å². The monoisotopic (exact) mass is 401 g/mol. The van der Waals surface area contributed by atoms with Gasteiger partial charge in [-0.15, -0.1) is 0 Å². The van der Waals surface area contributed by atoms with E-state index in [0.29, 0.717) is 23.3 Å². The zero-order valence-corrected chi connectivity index (χ0v) is 15.8. The Balaban J connectivity index is 1.75. The van der Waals surface area contributed by atoms with E-state index >= 15 is 0 Å². The summed E-state index contributed by atoms with van der Waals surface area (Å²) in [5, 5.41) is 9.13. The summed E-state index contributed by atoms with van der Waals surface area (Å²) in [6, 6.07) is 14.6. The molecule has 148 valence electrons. The van der Waals surface area contributed by atoms with E-state index in [4.69, 9.17) is 5.26 Å². The standard InChI is InChI=1S/C22H16FN5O2/c23-16-4-6-17(7-5-16)27-20-19(21(29)28(22(27)30)18-8-9-18)26(13-25-20)12-15-3-1-2-14(10-15)11-24/h1-7,10,13,18H,8-9,12H2. The van der Waals surface area contributed by atoms with Crippen LogP contribution in [0.3, 0.4) is 0 Å². The first-order valence-corrected chi connectivity index (χ1v) is 9.54. The second-order valence-corrected chi connectivity index (χ2v) is 7.36. The lowest BCUT2D eigenvalue weighted by Crippen LogP contribution is -2.39. The molecule has 2 aromatic heterocycles. The number of halogens is 1. The summed E-state index contributed by atoms with van der Waals surface area (Å²) < 4.78 is 17.7. The minimum atomic E-state index is -0.474. The fourth-order valence-electron chi connectivity index (χ4n) is 3.69. The fraction of sp³-hybridized carbons (Fsp3) is 0.182. The fourth-order valence-corrected chi connectivity index (χ4v) is 3.69. The van der Waals surface area contributed by atoms with Gasteiger partial charge >= 0.3 is 5.69 Å². The zero-order chi connectivity index (χ0) is 20.8. The molecule has 0 bridgehead atoms. The van der Waals surface area contributed by atoms with Crippen LogP contribution in [0.4, 0.5) is 4.39 Å². The maximum Gasteiger partial charge on any atom is 0.337 e. The van der Waals surface area contributed by atoms with Crippen molar-refractivity contribution >= 4 is 11.2 Å². The number of imidazole rings is 1. The predicted molar refractivity (Wildman–Crippen MR) is 108 cm³/mol. The molecule has 0 saturated heterocycles. The topological polar surface area (TPSA) is 85.6 Å². The van der Waals surface area contributed by atoms with Crippen molar-refractivity contribution in [1.82, 2.24) is 18.7 Å². The Labute approximate surface area is 169 Å². The lowest BCUT2D eigenvalue weighted by Gasteiger charge is -2.12. The number of aromatic nitrogens is 4. The summed E-state index contributed by atoms with van der Waals surface area (Å²) in [5.74, 6) is -0.415. The largest absolute Gasteiger partial charge is 0.337 e. The van der Waals surface area contributed by atoms with Crippen molar-refractivity contribution in [3.63, 3.8) is 0 Å². The van der Waals surface area contributed by atoms with E-state index < -0.39 is 11.5 Å². The minimum Gasteiger partial charge on any atom is -0.320 e. The van der Waals surface area contributed by atoms with Crippen molar-refractivity contribution < 1.29 is 4.39 Å². The predicted octanol–water partition coefficient (Wildman–Crippen LogP) is 2.74. The van der Waals surface area contributed by atoms with Crippen LogP contribution in [0.5, 0.6) is 0 Å². The number of hydrogen-bond acceptors (Lipinski definition) is 4. The lowest BCUT2D eigenvalue weighted by molar-refractivity contribution is 0.624. The van der Waals surface area contributed by atoms with Gasteiger partial charge in [-0.25, -0.2) is 18.7 Å². The number of nitrogens with zero attached hydrogens (tertiary/aromatic N) is 5. The Morgan fingerprint density at radius 3 is 2.60 bits per heavy atom. The molecule has 2 aromatic carbocycles. The van der Waals surface area contributed by atoms with Crippen LogP contribution >= 0.6 is 0 Å². The Bertz CT molecular complexity index is 1440. The van der Waals surface area contributed by atoms with Crippen molar-refractivity contribution in [1.29, 1.82) is 5.26 Å². The van der Waals surface area contributed by atoms with Gasteiger partial charge in [0, 0.05) is 12.6 Å². The number of hydrogen-bond donors (Lipinski definition) is 0. The SMILES string of the molecule is N#Cc1cccc(Cn2cnc3c2c(=O)n(C2CC2)c(=O)n3-c2ccc(F)cc2)c1. The van der Waals surface area contributed by atoms with Gasteiger partial charge in [-0.2, -0.15) is 5.26 Å². The molecule has 0 amide bonds. The van der Waals surface area contributed by atoms with Crippen molar-refractivity contribution in [2.24, 2.45) is 0 Å². The molecule has 1 aliphatic carbocycles. The molecular weight excluding hydrogens is 385 g/mol. The van der Waals surface area contributed by atoms with E-state index in [-0.39, 0.29) is 17.2 Å². The molecule has 8 heteroatoms.